The average Bonchev–Trinajstić information content (AvgIpc) is 2.58. The molecular weight excluding hydrogens is 340 g/mol. The summed E-state index contributed by atoms with van der Waals surface area (Å²) in [5.41, 5.74) is 3.37. The number of aryl methyl sites for hydroxylation is 1. The molecular formula is C23H32O4. The molecule has 1 aliphatic carbocycles. The van der Waals surface area contributed by atoms with Crippen molar-refractivity contribution in [1.82, 2.24) is 0 Å². The summed E-state index contributed by atoms with van der Waals surface area (Å²) in [6.45, 7) is 8.39. The Balaban J connectivity index is 2.02. The fourth-order valence-electron chi connectivity index (χ4n) is 4.58. The van der Waals surface area contributed by atoms with Crippen molar-refractivity contribution in [3.63, 3.8) is 0 Å². The van der Waals surface area contributed by atoms with Crippen molar-refractivity contribution in [3.8, 4) is 11.5 Å². The lowest BCUT2D eigenvalue weighted by Crippen LogP contribution is -2.45. The summed E-state index contributed by atoms with van der Waals surface area (Å²) in [4.78, 5) is 11.1. The van der Waals surface area contributed by atoms with Crippen LogP contribution in [-0.2, 0) is 11.2 Å². The summed E-state index contributed by atoms with van der Waals surface area (Å²) < 4.78 is 12.2. The molecule has 0 radical (unpaired) electrons. The van der Waals surface area contributed by atoms with Crippen molar-refractivity contribution in [2.45, 2.75) is 77.7 Å². The van der Waals surface area contributed by atoms with Crippen LogP contribution in [-0.4, -0.2) is 23.3 Å². The molecule has 0 amide bonds. The summed E-state index contributed by atoms with van der Waals surface area (Å²) in [6.07, 6.45) is 8.71. The Hall–Kier alpha value is -1.97. The Morgan fingerprint density at radius 2 is 2.11 bits per heavy atom. The molecule has 0 fully saturated rings. The number of fused-ring (bicyclic) bond motifs is 3. The van der Waals surface area contributed by atoms with Gasteiger partial charge in [0.2, 0.25) is 0 Å². The molecule has 1 aromatic rings. The van der Waals surface area contributed by atoms with E-state index < -0.39 is 5.97 Å². The van der Waals surface area contributed by atoms with Crippen LogP contribution in [0.1, 0.15) is 76.8 Å². The lowest BCUT2D eigenvalue weighted by molar-refractivity contribution is -0.139. The van der Waals surface area contributed by atoms with Gasteiger partial charge in [0.15, 0.2) is 6.61 Å². The maximum atomic E-state index is 11.1. The SMILES string of the molecule is CCCCCc1cc(OCC(=O)O)c2c(c1)OC(C)(C)[C@@H]1CC=C(C)C[C@@H]21. The van der Waals surface area contributed by atoms with Gasteiger partial charge >= 0.3 is 5.97 Å². The first-order valence-electron chi connectivity index (χ1n) is 10.2. The molecule has 1 aliphatic heterocycles. The Morgan fingerprint density at radius 3 is 2.81 bits per heavy atom. The van der Waals surface area contributed by atoms with E-state index in [2.05, 4.69) is 39.8 Å². The summed E-state index contributed by atoms with van der Waals surface area (Å²) in [6, 6.07) is 4.20. The molecule has 148 valence electrons. The molecule has 1 aromatic carbocycles. The van der Waals surface area contributed by atoms with Gasteiger partial charge in [-0.25, -0.2) is 4.79 Å². The number of benzene rings is 1. The molecule has 27 heavy (non-hydrogen) atoms. The van der Waals surface area contributed by atoms with Gasteiger partial charge in [-0.2, -0.15) is 0 Å². The average molecular weight is 373 g/mol. The fraction of sp³-hybridized carbons (Fsp3) is 0.609. The van der Waals surface area contributed by atoms with Crippen LogP contribution in [0, 0.1) is 5.92 Å². The standard InChI is InChI=1S/C23H32O4/c1-5-6-7-8-16-12-19(26-14-21(24)25)22-17-11-15(2)9-10-18(17)23(3,4)27-20(22)13-16/h9,12-13,17-18H,5-8,10-11,14H2,1-4H3,(H,24,25)/t17-,18-/m1/s1. The second-order valence-corrected chi connectivity index (χ2v) is 8.55. The van der Waals surface area contributed by atoms with Gasteiger partial charge < -0.3 is 14.6 Å². The van der Waals surface area contributed by atoms with Crippen molar-refractivity contribution >= 4 is 5.97 Å². The van der Waals surface area contributed by atoms with Gasteiger partial charge in [0.1, 0.15) is 17.1 Å². The number of carboxylic acid groups (broad SMARTS) is 1. The van der Waals surface area contributed by atoms with Gasteiger partial charge in [0, 0.05) is 17.4 Å². The van der Waals surface area contributed by atoms with Crippen LogP contribution in [0.15, 0.2) is 23.8 Å². The highest BCUT2D eigenvalue weighted by Crippen LogP contribution is 2.54. The number of hydrogen-bond donors (Lipinski definition) is 1. The number of carbonyl (C=O) groups is 1. The highest BCUT2D eigenvalue weighted by atomic mass is 16.5. The van der Waals surface area contributed by atoms with Crippen LogP contribution in [0.4, 0.5) is 0 Å². The first kappa shape index (κ1) is 19.8. The molecule has 2 aliphatic rings. The lowest BCUT2D eigenvalue weighted by atomic mass is 9.67. The lowest BCUT2D eigenvalue weighted by Gasteiger charge is -2.47. The monoisotopic (exact) mass is 372 g/mol. The first-order valence-corrected chi connectivity index (χ1v) is 10.2. The predicted octanol–water partition coefficient (Wildman–Crippen LogP) is 5.49. The van der Waals surface area contributed by atoms with Crippen molar-refractivity contribution in [2.75, 3.05) is 6.61 Å². The molecule has 4 heteroatoms. The van der Waals surface area contributed by atoms with E-state index in [0.29, 0.717) is 17.6 Å². The first-order chi connectivity index (χ1) is 12.8. The van der Waals surface area contributed by atoms with Gasteiger partial charge in [-0.15, -0.1) is 0 Å². The molecule has 0 saturated carbocycles. The van der Waals surface area contributed by atoms with Crippen molar-refractivity contribution < 1.29 is 19.4 Å². The van der Waals surface area contributed by atoms with E-state index in [1.807, 2.05) is 6.07 Å². The molecule has 0 spiro atoms. The predicted molar refractivity (Wildman–Crippen MR) is 107 cm³/mol. The zero-order chi connectivity index (χ0) is 19.6. The van der Waals surface area contributed by atoms with E-state index in [1.54, 1.807) is 0 Å². The van der Waals surface area contributed by atoms with Crippen LogP contribution in [0.25, 0.3) is 0 Å². The minimum atomic E-state index is -0.950. The zero-order valence-electron chi connectivity index (χ0n) is 17.0. The van der Waals surface area contributed by atoms with Crippen LogP contribution in [0.2, 0.25) is 0 Å². The third-order valence-electron chi connectivity index (χ3n) is 5.97. The molecule has 3 rings (SSSR count). The van der Waals surface area contributed by atoms with Crippen molar-refractivity contribution in [3.05, 3.63) is 34.9 Å². The maximum absolute atomic E-state index is 11.1. The van der Waals surface area contributed by atoms with Crippen LogP contribution in [0.3, 0.4) is 0 Å². The number of unbranched alkanes of at least 4 members (excludes halogenated alkanes) is 2. The normalized spacial score (nSPS) is 22.9. The van der Waals surface area contributed by atoms with E-state index >= 15 is 0 Å². The van der Waals surface area contributed by atoms with E-state index in [9.17, 15) is 4.79 Å². The molecule has 0 unspecified atom stereocenters. The van der Waals surface area contributed by atoms with Gasteiger partial charge in [-0.3, -0.25) is 0 Å². The second kappa shape index (κ2) is 7.95. The van der Waals surface area contributed by atoms with Gasteiger partial charge in [-0.1, -0.05) is 31.4 Å². The number of rotatable bonds is 7. The second-order valence-electron chi connectivity index (χ2n) is 8.55. The molecule has 1 N–H and O–H groups in total. The fourth-order valence-corrected chi connectivity index (χ4v) is 4.58. The minimum absolute atomic E-state index is 0.249. The number of ether oxygens (including phenoxy) is 2. The summed E-state index contributed by atoms with van der Waals surface area (Å²) in [5, 5.41) is 9.11. The minimum Gasteiger partial charge on any atom is -0.487 e. The van der Waals surface area contributed by atoms with E-state index in [1.165, 1.54) is 24.0 Å². The number of allylic oxidation sites excluding steroid dienone is 2. The molecule has 2 atom stereocenters. The van der Waals surface area contributed by atoms with Crippen LogP contribution >= 0.6 is 0 Å². The molecule has 1 heterocycles. The van der Waals surface area contributed by atoms with Gasteiger partial charge in [0.05, 0.1) is 0 Å². The summed E-state index contributed by atoms with van der Waals surface area (Å²) in [5.74, 6) is 1.30. The Morgan fingerprint density at radius 1 is 1.33 bits per heavy atom. The number of carboxylic acids is 1. The van der Waals surface area contributed by atoms with Crippen molar-refractivity contribution in [2.24, 2.45) is 5.92 Å². The molecule has 4 nitrogen and oxygen atoms in total. The third kappa shape index (κ3) is 4.31. The Bertz CT molecular complexity index is 732. The number of aliphatic carboxylic acids is 1. The third-order valence-corrected chi connectivity index (χ3v) is 5.97. The smallest absolute Gasteiger partial charge is 0.341 e. The highest BCUT2D eigenvalue weighted by molar-refractivity contribution is 5.68. The van der Waals surface area contributed by atoms with Gasteiger partial charge in [0.25, 0.3) is 0 Å². The largest absolute Gasteiger partial charge is 0.487 e. The van der Waals surface area contributed by atoms with E-state index in [0.717, 1.165) is 37.0 Å². The molecule has 0 saturated heterocycles. The Labute approximate surface area is 162 Å². The highest BCUT2D eigenvalue weighted by Gasteiger charge is 2.45. The van der Waals surface area contributed by atoms with E-state index in [-0.39, 0.29) is 12.2 Å². The van der Waals surface area contributed by atoms with E-state index in [4.69, 9.17) is 14.6 Å². The molecule has 0 aromatic heterocycles. The van der Waals surface area contributed by atoms with Crippen LogP contribution < -0.4 is 9.47 Å². The van der Waals surface area contributed by atoms with Gasteiger partial charge in [-0.05, 0) is 64.2 Å². The number of hydrogen-bond acceptors (Lipinski definition) is 3. The quantitative estimate of drug-likeness (QED) is 0.508. The topological polar surface area (TPSA) is 55.8 Å². The Kier molecular flexibility index (Phi) is 5.83. The van der Waals surface area contributed by atoms with Crippen molar-refractivity contribution in [1.29, 1.82) is 0 Å². The summed E-state index contributed by atoms with van der Waals surface area (Å²) in [7, 11) is 0. The summed E-state index contributed by atoms with van der Waals surface area (Å²) >= 11 is 0. The zero-order valence-corrected chi connectivity index (χ0v) is 17.0. The van der Waals surface area contributed by atoms with Crippen LogP contribution in [0.5, 0.6) is 11.5 Å². The molecule has 0 bridgehead atoms. The maximum Gasteiger partial charge on any atom is 0.341 e.